The molecule has 0 aliphatic carbocycles. The molecule has 0 aliphatic heterocycles. The average Bonchev–Trinajstić information content (AvgIpc) is 3.23. The number of rotatable bonds is 20. The molecule has 0 bridgehead atoms. The van der Waals surface area contributed by atoms with Gasteiger partial charge in [0.1, 0.15) is 0 Å². The van der Waals surface area contributed by atoms with Gasteiger partial charge in [-0.1, -0.05) is 60.7 Å². The number of nitrogens with one attached hydrogen (secondary N) is 4. The summed E-state index contributed by atoms with van der Waals surface area (Å²) in [5.41, 5.74) is -8.05. The van der Waals surface area contributed by atoms with Crippen molar-refractivity contribution in [3.05, 3.63) is 142 Å². The fraction of sp³-hybridized carbons (Fsp3) is 0.300. The van der Waals surface area contributed by atoms with E-state index in [1.807, 2.05) is 0 Å². The van der Waals surface area contributed by atoms with Crippen molar-refractivity contribution in [2.45, 2.75) is 62.6 Å². The van der Waals surface area contributed by atoms with Crippen LogP contribution in [0.25, 0.3) is 0 Å². The van der Waals surface area contributed by atoms with Crippen molar-refractivity contribution in [3.8, 4) is 0 Å². The van der Waals surface area contributed by atoms with E-state index in [4.69, 9.17) is 18.9 Å². The third-order valence-corrected chi connectivity index (χ3v) is 8.61. The summed E-state index contributed by atoms with van der Waals surface area (Å²) < 4.78 is 186. The molecular weight excluding hydrogens is 892 g/mol. The SMILES string of the molecule is O=CNCN[C@@H](c1ccccc1)C(OCc1cc(C(F)(F)F)cc(C(F)(F)F)c1)OC(=O)C(=O)OC(OCc1cc(C(F)(F)F)cc(C(F)(F)F)c1)[C@@H](NCNC=O)c1ccccc1. The Hall–Kier alpha value is -6.24. The minimum absolute atomic E-state index is 0.149. The van der Waals surface area contributed by atoms with Crippen LogP contribution in [0.3, 0.4) is 0 Å². The average molecular weight is 927 g/mol. The number of ether oxygens (including phenoxy) is 4. The van der Waals surface area contributed by atoms with Gasteiger partial charge in [-0.05, 0) is 58.7 Å². The van der Waals surface area contributed by atoms with E-state index >= 15 is 0 Å². The molecule has 0 fully saturated rings. The zero-order chi connectivity index (χ0) is 47.3. The lowest BCUT2D eigenvalue weighted by Gasteiger charge is -2.30. The Morgan fingerprint density at radius 3 is 1.05 bits per heavy atom. The lowest BCUT2D eigenvalue weighted by Crippen LogP contribution is -2.44. The highest BCUT2D eigenvalue weighted by atomic mass is 19.4. The maximum atomic E-state index is 13.7. The lowest BCUT2D eigenvalue weighted by molar-refractivity contribution is -0.213. The molecule has 64 heavy (non-hydrogen) atoms. The second-order valence-electron chi connectivity index (χ2n) is 13.2. The maximum absolute atomic E-state index is 13.7. The summed E-state index contributed by atoms with van der Waals surface area (Å²) >= 11 is 0. The van der Waals surface area contributed by atoms with Gasteiger partial charge in [0.05, 0.1) is 60.9 Å². The molecule has 12 nitrogen and oxygen atoms in total. The molecule has 4 aromatic carbocycles. The van der Waals surface area contributed by atoms with Crippen molar-refractivity contribution in [1.29, 1.82) is 0 Å². The zero-order valence-corrected chi connectivity index (χ0v) is 32.3. The van der Waals surface area contributed by atoms with Crippen molar-refractivity contribution in [2.24, 2.45) is 0 Å². The molecule has 4 aromatic rings. The van der Waals surface area contributed by atoms with E-state index in [9.17, 15) is 71.9 Å². The van der Waals surface area contributed by atoms with Crippen LogP contribution in [0.4, 0.5) is 52.7 Å². The van der Waals surface area contributed by atoms with Gasteiger partial charge in [0, 0.05) is 0 Å². The number of esters is 2. The van der Waals surface area contributed by atoms with Gasteiger partial charge in [-0.25, -0.2) is 9.59 Å². The predicted molar refractivity (Wildman–Crippen MR) is 195 cm³/mol. The van der Waals surface area contributed by atoms with E-state index in [0.717, 1.165) is 0 Å². The van der Waals surface area contributed by atoms with Gasteiger partial charge >= 0.3 is 36.6 Å². The first-order valence-electron chi connectivity index (χ1n) is 18.1. The molecule has 0 aromatic heterocycles. The van der Waals surface area contributed by atoms with Crippen LogP contribution in [-0.2, 0) is 76.0 Å². The first-order valence-corrected chi connectivity index (χ1v) is 18.1. The van der Waals surface area contributed by atoms with Gasteiger partial charge < -0.3 is 29.6 Å². The minimum Gasteiger partial charge on any atom is -0.425 e. The largest absolute Gasteiger partial charge is 0.425 e. The Morgan fingerprint density at radius 2 is 0.781 bits per heavy atom. The molecule has 4 N–H and O–H groups in total. The monoisotopic (exact) mass is 926 g/mol. The summed E-state index contributed by atoms with van der Waals surface area (Å²) in [7, 11) is 0. The molecule has 0 saturated heterocycles. The molecule has 4 rings (SSSR count). The third kappa shape index (κ3) is 14.9. The lowest BCUT2D eigenvalue weighted by atomic mass is 10.0. The summed E-state index contributed by atoms with van der Waals surface area (Å²) in [5, 5.41) is 9.81. The Morgan fingerprint density at radius 1 is 0.484 bits per heavy atom. The number of hydrogen-bond donors (Lipinski definition) is 4. The topological polar surface area (TPSA) is 153 Å². The number of carbonyl (C=O) groups is 4. The molecule has 346 valence electrons. The van der Waals surface area contributed by atoms with Gasteiger partial charge in [-0.15, -0.1) is 0 Å². The van der Waals surface area contributed by atoms with Gasteiger partial charge in [-0.3, -0.25) is 20.2 Å². The highest BCUT2D eigenvalue weighted by molar-refractivity contribution is 6.29. The summed E-state index contributed by atoms with van der Waals surface area (Å²) in [4.78, 5) is 49.3. The molecule has 2 amide bonds. The van der Waals surface area contributed by atoms with Crippen molar-refractivity contribution in [1.82, 2.24) is 21.3 Å². The Kier molecular flexibility index (Phi) is 17.3. The molecule has 2 unspecified atom stereocenters. The van der Waals surface area contributed by atoms with Crippen LogP contribution in [0, 0.1) is 0 Å². The van der Waals surface area contributed by atoms with Gasteiger partial charge in [-0.2, -0.15) is 52.7 Å². The zero-order valence-electron chi connectivity index (χ0n) is 32.3. The highest BCUT2D eigenvalue weighted by Gasteiger charge is 2.40. The highest BCUT2D eigenvalue weighted by Crippen LogP contribution is 2.38. The van der Waals surface area contributed by atoms with Crippen LogP contribution >= 0.6 is 0 Å². The number of hydrogen-bond acceptors (Lipinski definition) is 10. The minimum atomic E-state index is -5.27. The summed E-state index contributed by atoms with van der Waals surface area (Å²) in [6.07, 6.45) is -24.9. The number of carbonyl (C=O) groups excluding carboxylic acids is 4. The standard InChI is InChI=1S/C40H34F12N4O8/c41-37(42,43)27-11-23(12-28(15-27)38(44,45)46)17-61-35(31(55-19-53-21-57)25-7-3-1-4-8-25)63-33(59)34(60)64-36(32(56-20-54-22-58)26-9-5-2-6-10-26)62-18-24-13-29(39(47,48)49)16-30(14-24)40(50,51)52/h1-16,21-22,31-32,35-36,55-56H,17-20H2,(H,53,57)(H,54,58)/t31-,32-,35?,36?/m0/s1. The van der Waals surface area contributed by atoms with Gasteiger partial charge in [0.25, 0.3) is 0 Å². The molecular formula is C40H34F12N4O8. The van der Waals surface area contributed by atoms with Crippen LogP contribution in [0.2, 0.25) is 0 Å². The quantitative estimate of drug-likeness (QED) is 0.0178. The Bertz CT molecular complexity index is 1960. The summed E-state index contributed by atoms with van der Waals surface area (Å²) in [6.45, 7) is -3.15. The number of amides is 2. The predicted octanol–water partition coefficient (Wildman–Crippen LogP) is 7.30. The van der Waals surface area contributed by atoms with E-state index in [1.165, 1.54) is 60.7 Å². The fourth-order valence-corrected chi connectivity index (χ4v) is 5.75. The fourth-order valence-electron chi connectivity index (χ4n) is 5.75. The van der Waals surface area contributed by atoms with E-state index in [0.29, 0.717) is 24.3 Å². The Labute approximate surface area is 354 Å². The third-order valence-electron chi connectivity index (χ3n) is 8.61. The van der Waals surface area contributed by atoms with Crippen molar-refractivity contribution >= 4 is 24.8 Å². The van der Waals surface area contributed by atoms with Crippen LogP contribution in [0.5, 0.6) is 0 Å². The van der Waals surface area contributed by atoms with E-state index in [1.54, 1.807) is 0 Å². The molecule has 0 heterocycles. The van der Waals surface area contributed by atoms with Crippen molar-refractivity contribution < 1.29 is 90.8 Å². The molecule has 0 spiro atoms. The first kappa shape index (κ1) is 50.4. The van der Waals surface area contributed by atoms with Crippen LogP contribution < -0.4 is 21.3 Å². The van der Waals surface area contributed by atoms with Crippen molar-refractivity contribution in [3.63, 3.8) is 0 Å². The van der Waals surface area contributed by atoms with E-state index in [-0.39, 0.29) is 36.1 Å². The van der Waals surface area contributed by atoms with E-state index in [2.05, 4.69) is 21.3 Å². The number of benzene rings is 4. The smallest absolute Gasteiger partial charge is 0.419 e. The number of halogens is 12. The van der Waals surface area contributed by atoms with Gasteiger partial charge in [0.15, 0.2) is 0 Å². The second-order valence-corrected chi connectivity index (χ2v) is 13.2. The second kappa shape index (κ2) is 21.9. The molecule has 4 atom stereocenters. The van der Waals surface area contributed by atoms with E-state index < -0.39 is 121 Å². The number of alkyl halides is 12. The molecule has 0 radical (unpaired) electrons. The van der Waals surface area contributed by atoms with Crippen LogP contribution in [0.1, 0.15) is 56.6 Å². The van der Waals surface area contributed by atoms with Crippen LogP contribution in [0.15, 0.2) is 97.1 Å². The maximum Gasteiger partial charge on any atom is 0.419 e. The van der Waals surface area contributed by atoms with Crippen molar-refractivity contribution in [2.75, 3.05) is 13.3 Å². The summed E-state index contributed by atoms with van der Waals surface area (Å²) in [6, 6.07) is 12.4. The molecule has 24 heteroatoms. The molecule has 0 saturated carbocycles. The first-order chi connectivity index (χ1) is 30.0. The molecule has 0 aliphatic rings. The summed E-state index contributed by atoms with van der Waals surface area (Å²) in [5.74, 6) is -3.97. The Balaban J connectivity index is 1.74. The normalized spacial score (nSPS) is 14.1. The van der Waals surface area contributed by atoms with Gasteiger partial charge in [0.2, 0.25) is 25.4 Å². The van der Waals surface area contributed by atoms with Crippen LogP contribution in [-0.4, -0.2) is 50.7 Å².